The topological polar surface area (TPSA) is 80.0 Å². The summed E-state index contributed by atoms with van der Waals surface area (Å²) in [6, 6.07) is 9.04. The smallest absolute Gasteiger partial charge is 0.276 e. The highest BCUT2D eigenvalue weighted by Crippen LogP contribution is 2.18. The fourth-order valence-corrected chi connectivity index (χ4v) is 3.19. The molecule has 4 rings (SSSR count). The average molecular weight is 384 g/mol. The molecule has 0 saturated carbocycles. The highest BCUT2D eigenvalue weighted by molar-refractivity contribution is 6.30. The normalized spacial score (nSPS) is 14.4. The van der Waals surface area contributed by atoms with Gasteiger partial charge in [0, 0.05) is 43.6 Å². The largest absolute Gasteiger partial charge is 0.337 e. The van der Waals surface area contributed by atoms with E-state index in [1.165, 1.54) is 0 Å². The van der Waals surface area contributed by atoms with Gasteiger partial charge in [0.25, 0.3) is 5.91 Å². The van der Waals surface area contributed by atoms with E-state index in [1.54, 1.807) is 40.2 Å². The second-order valence-corrected chi connectivity index (χ2v) is 6.68. The molecule has 1 amide bonds. The highest BCUT2D eigenvalue weighted by Gasteiger charge is 2.27. The van der Waals surface area contributed by atoms with Crippen LogP contribution in [0.3, 0.4) is 0 Å². The van der Waals surface area contributed by atoms with E-state index in [1.807, 2.05) is 19.1 Å². The number of hydrogen-bond acceptors (Lipinski definition) is 6. The number of rotatable bonds is 3. The first-order valence-corrected chi connectivity index (χ1v) is 9.01. The van der Waals surface area contributed by atoms with Gasteiger partial charge in [0.2, 0.25) is 5.95 Å². The number of amides is 1. The highest BCUT2D eigenvalue weighted by atomic mass is 35.5. The first kappa shape index (κ1) is 17.4. The zero-order valence-corrected chi connectivity index (χ0v) is 15.5. The number of benzene rings is 1. The molecule has 0 aliphatic carbocycles. The minimum atomic E-state index is -0.110. The second-order valence-electron chi connectivity index (χ2n) is 6.24. The Morgan fingerprint density at radius 1 is 1.04 bits per heavy atom. The molecule has 0 radical (unpaired) electrons. The average Bonchev–Trinajstić information content (AvgIpc) is 3.10. The molecule has 1 aliphatic heterocycles. The molecule has 3 aromatic rings. The van der Waals surface area contributed by atoms with Gasteiger partial charge in [-0.05, 0) is 37.3 Å². The first-order chi connectivity index (χ1) is 13.1. The van der Waals surface area contributed by atoms with Gasteiger partial charge >= 0.3 is 0 Å². The summed E-state index contributed by atoms with van der Waals surface area (Å²) >= 11 is 5.93. The number of nitrogens with zero attached hydrogens (tertiary/aromatic N) is 7. The van der Waals surface area contributed by atoms with Gasteiger partial charge in [0.1, 0.15) is 0 Å². The molecular formula is C18H18ClN7O. The molecule has 27 heavy (non-hydrogen) atoms. The second kappa shape index (κ2) is 7.32. The fraction of sp³-hybridized carbons (Fsp3) is 0.278. The Kier molecular flexibility index (Phi) is 4.72. The van der Waals surface area contributed by atoms with Gasteiger partial charge in [-0.2, -0.15) is 0 Å². The van der Waals surface area contributed by atoms with Crippen LogP contribution >= 0.6 is 11.6 Å². The predicted molar refractivity (Wildman–Crippen MR) is 101 cm³/mol. The minimum Gasteiger partial charge on any atom is -0.337 e. The summed E-state index contributed by atoms with van der Waals surface area (Å²) in [6.07, 6.45) is 3.44. The number of piperazine rings is 1. The van der Waals surface area contributed by atoms with Crippen molar-refractivity contribution in [3.63, 3.8) is 0 Å². The Morgan fingerprint density at radius 3 is 2.37 bits per heavy atom. The van der Waals surface area contributed by atoms with E-state index >= 15 is 0 Å². The number of halogens is 1. The summed E-state index contributed by atoms with van der Waals surface area (Å²) in [5.41, 5.74) is 1.89. The maximum absolute atomic E-state index is 12.9. The van der Waals surface area contributed by atoms with Crippen molar-refractivity contribution in [1.29, 1.82) is 0 Å². The van der Waals surface area contributed by atoms with Crippen molar-refractivity contribution in [2.24, 2.45) is 0 Å². The molecule has 2 aromatic heterocycles. The lowest BCUT2D eigenvalue weighted by atomic mass is 10.2. The monoisotopic (exact) mass is 383 g/mol. The van der Waals surface area contributed by atoms with Gasteiger partial charge in [-0.15, -0.1) is 5.10 Å². The van der Waals surface area contributed by atoms with Crippen molar-refractivity contribution in [2.45, 2.75) is 6.92 Å². The molecule has 1 fully saturated rings. The Labute approximate surface area is 161 Å². The van der Waals surface area contributed by atoms with Crippen LogP contribution in [0, 0.1) is 6.92 Å². The van der Waals surface area contributed by atoms with Crippen molar-refractivity contribution in [1.82, 2.24) is 29.9 Å². The number of carbonyl (C=O) groups is 1. The van der Waals surface area contributed by atoms with Crippen LogP contribution in [0.4, 0.5) is 5.95 Å². The zero-order valence-electron chi connectivity index (χ0n) is 14.8. The molecule has 3 heterocycles. The van der Waals surface area contributed by atoms with E-state index in [-0.39, 0.29) is 5.91 Å². The molecule has 9 heteroatoms. The molecule has 0 N–H and O–H groups in total. The summed E-state index contributed by atoms with van der Waals surface area (Å²) in [4.78, 5) is 25.3. The Bertz CT molecular complexity index is 934. The Morgan fingerprint density at radius 2 is 1.70 bits per heavy atom. The number of hydrogen-bond donors (Lipinski definition) is 0. The molecule has 0 unspecified atom stereocenters. The van der Waals surface area contributed by atoms with E-state index < -0.39 is 0 Å². The first-order valence-electron chi connectivity index (χ1n) is 8.63. The maximum atomic E-state index is 12.9. The molecule has 0 bridgehead atoms. The summed E-state index contributed by atoms with van der Waals surface area (Å²) in [7, 11) is 0. The molecule has 1 aliphatic rings. The Balaban J connectivity index is 1.47. The maximum Gasteiger partial charge on any atom is 0.276 e. The van der Waals surface area contributed by atoms with Crippen LogP contribution in [0.1, 0.15) is 16.2 Å². The number of carbonyl (C=O) groups excluding carboxylic acids is 1. The molecule has 0 spiro atoms. The molecule has 8 nitrogen and oxygen atoms in total. The van der Waals surface area contributed by atoms with Crippen LogP contribution in [-0.4, -0.2) is 61.9 Å². The van der Waals surface area contributed by atoms with Crippen LogP contribution in [0.2, 0.25) is 5.02 Å². The third kappa shape index (κ3) is 3.48. The quantitative estimate of drug-likeness (QED) is 0.688. The third-order valence-electron chi connectivity index (χ3n) is 4.57. The van der Waals surface area contributed by atoms with Crippen molar-refractivity contribution in [3.8, 4) is 5.69 Å². The molecule has 1 saturated heterocycles. The van der Waals surface area contributed by atoms with Crippen LogP contribution < -0.4 is 4.90 Å². The van der Waals surface area contributed by atoms with Gasteiger partial charge in [-0.3, -0.25) is 4.79 Å². The summed E-state index contributed by atoms with van der Waals surface area (Å²) < 4.78 is 1.65. The third-order valence-corrected chi connectivity index (χ3v) is 4.82. The van der Waals surface area contributed by atoms with Gasteiger partial charge < -0.3 is 9.80 Å². The van der Waals surface area contributed by atoms with Gasteiger partial charge in [-0.1, -0.05) is 16.8 Å². The van der Waals surface area contributed by atoms with Crippen LogP contribution in [0.5, 0.6) is 0 Å². The van der Waals surface area contributed by atoms with Crippen molar-refractivity contribution < 1.29 is 4.79 Å². The van der Waals surface area contributed by atoms with Crippen LogP contribution in [0.15, 0.2) is 42.7 Å². The lowest BCUT2D eigenvalue weighted by molar-refractivity contribution is 0.0739. The van der Waals surface area contributed by atoms with Crippen LogP contribution in [0.25, 0.3) is 5.69 Å². The number of aromatic nitrogens is 5. The zero-order chi connectivity index (χ0) is 18.8. The molecule has 1 aromatic carbocycles. The fourth-order valence-electron chi connectivity index (χ4n) is 3.07. The van der Waals surface area contributed by atoms with Crippen LogP contribution in [-0.2, 0) is 0 Å². The van der Waals surface area contributed by atoms with E-state index in [4.69, 9.17) is 11.6 Å². The van der Waals surface area contributed by atoms with Crippen molar-refractivity contribution >= 4 is 23.5 Å². The summed E-state index contributed by atoms with van der Waals surface area (Å²) in [6.45, 7) is 4.38. The number of anilines is 1. The standard InChI is InChI=1S/C18H18ClN7O/c1-13-16(22-23-26(13)15-5-3-14(19)4-6-15)17(27)24-9-11-25(12-10-24)18-20-7-2-8-21-18/h2-8H,9-12H2,1H3. The van der Waals surface area contributed by atoms with E-state index in [2.05, 4.69) is 25.2 Å². The molecule has 0 atom stereocenters. The van der Waals surface area contributed by atoms with Crippen molar-refractivity contribution in [3.05, 3.63) is 59.1 Å². The predicted octanol–water partition coefficient (Wildman–Crippen LogP) is 1.98. The van der Waals surface area contributed by atoms with E-state index in [0.29, 0.717) is 48.5 Å². The van der Waals surface area contributed by atoms with E-state index in [0.717, 1.165) is 5.69 Å². The summed E-state index contributed by atoms with van der Waals surface area (Å²) in [5, 5.41) is 8.90. The van der Waals surface area contributed by atoms with Gasteiger partial charge in [0.15, 0.2) is 5.69 Å². The molecule has 138 valence electrons. The SMILES string of the molecule is Cc1c(C(=O)N2CCN(c3ncccn3)CC2)nnn1-c1ccc(Cl)cc1. The Hall–Kier alpha value is -3.00. The van der Waals surface area contributed by atoms with E-state index in [9.17, 15) is 4.79 Å². The lowest BCUT2D eigenvalue weighted by Crippen LogP contribution is -2.49. The minimum absolute atomic E-state index is 0.110. The molecular weight excluding hydrogens is 366 g/mol. The van der Waals surface area contributed by atoms with Crippen molar-refractivity contribution in [2.75, 3.05) is 31.1 Å². The van der Waals surface area contributed by atoms with Gasteiger partial charge in [-0.25, -0.2) is 14.6 Å². The summed E-state index contributed by atoms with van der Waals surface area (Å²) in [5.74, 6) is 0.579. The van der Waals surface area contributed by atoms with Gasteiger partial charge in [0.05, 0.1) is 11.4 Å². The lowest BCUT2D eigenvalue weighted by Gasteiger charge is -2.34.